The van der Waals surface area contributed by atoms with Crippen LogP contribution in [0.3, 0.4) is 0 Å². The summed E-state index contributed by atoms with van der Waals surface area (Å²) < 4.78 is 7.34. The minimum Gasteiger partial charge on any atom is -0.496 e. The van der Waals surface area contributed by atoms with Gasteiger partial charge in [0.15, 0.2) is 5.65 Å². The van der Waals surface area contributed by atoms with Gasteiger partial charge in [-0.2, -0.15) is 9.61 Å². The van der Waals surface area contributed by atoms with E-state index >= 15 is 0 Å². The molecule has 0 saturated heterocycles. The van der Waals surface area contributed by atoms with E-state index in [0.29, 0.717) is 0 Å². The van der Waals surface area contributed by atoms with E-state index in [1.165, 1.54) is 5.56 Å². The van der Waals surface area contributed by atoms with Gasteiger partial charge < -0.3 is 10.1 Å². The van der Waals surface area contributed by atoms with Gasteiger partial charge in [-0.1, -0.05) is 42.5 Å². The van der Waals surface area contributed by atoms with Crippen molar-refractivity contribution in [1.82, 2.24) is 14.6 Å². The molecule has 5 nitrogen and oxygen atoms in total. The van der Waals surface area contributed by atoms with Gasteiger partial charge in [-0.25, -0.2) is 4.98 Å². The Balaban J connectivity index is 1.77. The largest absolute Gasteiger partial charge is 0.496 e. The number of aromatic nitrogens is 3. The Labute approximate surface area is 158 Å². The summed E-state index contributed by atoms with van der Waals surface area (Å²) >= 11 is 0. The molecule has 0 amide bonds. The highest BCUT2D eigenvalue weighted by molar-refractivity contribution is 5.71. The van der Waals surface area contributed by atoms with Crippen molar-refractivity contribution in [1.29, 1.82) is 0 Å². The summed E-state index contributed by atoms with van der Waals surface area (Å²) in [5, 5.41) is 8.36. The molecule has 1 N–H and O–H groups in total. The van der Waals surface area contributed by atoms with Crippen LogP contribution in [0.1, 0.15) is 24.2 Å². The van der Waals surface area contributed by atoms with Crippen LogP contribution in [-0.4, -0.2) is 21.7 Å². The fourth-order valence-electron chi connectivity index (χ4n) is 3.24. The van der Waals surface area contributed by atoms with E-state index in [1.807, 2.05) is 53.9 Å². The van der Waals surface area contributed by atoms with Crippen LogP contribution >= 0.6 is 0 Å². The van der Waals surface area contributed by atoms with E-state index in [4.69, 9.17) is 9.84 Å². The number of ether oxygens (including phenoxy) is 1. The molecule has 0 radical (unpaired) electrons. The molecule has 0 saturated carbocycles. The molecule has 2 heterocycles. The Morgan fingerprint density at radius 3 is 2.52 bits per heavy atom. The molecule has 4 aromatic rings. The van der Waals surface area contributed by atoms with Crippen molar-refractivity contribution in [3.63, 3.8) is 0 Å². The summed E-state index contributed by atoms with van der Waals surface area (Å²) in [7, 11) is 1.67. The monoisotopic (exact) mass is 358 g/mol. The van der Waals surface area contributed by atoms with Gasteiger partial charge in [0.1, 0.15) is 11.6 Å². The minimum absolute atomic E-state index is 0.148. The van der Waals surface area contributed by atoms with Gasteiger partial charge in [0.25, 0.3) is 0 Å². The van der Waals surface area contributed by atoms with Crippen molar-refractivity contribution in [3.05, 3.63) is 78.0 Å². The number of aryl methyl sites for hydroxylation is 1. The van der Waals surface area contributed by atoms with Gasteiger partial charge in [-0.15, -0.1) is 0 Å². The van der Waals surface area contributed by atoms with Gasteiger partial charge in [0.2, 0.25) is 0 Å². The third-order valence-corrected chi connectivity index (χ3v) is 4.60. The zero-order chi connectivity index (χ0) is 18.8. The number of fused-ring (bicyclic) bond motifs is 1. The topological polar surface area (TPSA) is 51.5 Å². The summed E-state index contributed by atoms with van der Waals surface area (Å²) in [6.45, 7) is 4.13. The number of nitrogens with zero attached hydrogens (tertiary/aromatic N) is 3. The molecule has 0 spiro atoms. The fraction of sp³-hybridized carbons (Fsp3) is 0.182. The van der Waals surface area contributed by atoms with Crippen molar-refractivity contribution in [3.8, 4) is 17.0 Å². The molecular weight excluding hydrogens is 336 g/mol. The number of para-hydroxylation sites is 1. The lowest BCUT2D eigenvalue weighted by molar-refractivity contribution is 0.416. The van der Waals surface area contributed by atoms with Gasteiger partial charge in [-0.05, 0) is 31.5 Å². The van der Waals surface area contributed by atoms with E-state index in [2.05, 4.69) is 41.5 Å². The highest BCUT2D eigenvalue weighted by Crippen LogP contribution is 2.30. The van der Waals surface area contributed by atoms with Crippen molar-refractivity contribution in [2.45, 2.75) is 19.9 Å². The van der Waals surface area contributed by atoms with Crippen LogP contribution < -0.4 is 10.1 Å². The van der Waals surface area contributed by atoms with Crippen LogP contribution in [-0.2, 0) is 0 Å². The Morgan fingerprint density at radius 1 is 1.00 bits per heavy atom. The smallest absolute Gasteiger partial charge is 0.158 e. The maximum absolute atomic E-state index is 5.49. The van der Waals surface area contributed by atoms with Crippen molar-refractivity contribution < 1.29 is 4.74 Å². The van der Waals surface area contributed by atoms with Crippen LogP contribution in [0.5, 0.6) is 5.75 Å². The average Bonchev–Trinajstić information content (AvgIpc) is 3.12. The Bertz CT molecular complexity index is 1070. The number of nitrogens with one attached hydrogen (secondary N) is 1. The molecule has 5 heteroatoms. The lowest BCUT2D eigenvalue weighted by Gasteiger charge is -2.16. The molecule has 0 aliphatic rings. The molecule has 0 bridgehead atoms. The highest BCUT2D eigenvalue weighted by atomic mass is 16.5. The molecule has 2 aromatic heterocycles. The van der Waals surface area contributed by atoms with E-state index in [0.717, 1.165) is 34.2 Å². The van der Waals surface area contributed by atoms with Crippen LogP contribution in [0.4, 0.5) is 5.82 Å². The molecule has 0 aliphatic carbocycles. The molecule has 0 unspecified atom stereocenters. The van der Waals surface area contributed by atoms with E-state index in [1.54, 1.807) is 7.11 Å². The van der Waals surface area contributed by atoms with Crippen molar-refractivity contribution in [2.75, 3.05) is 12.4 Å². The number of methoxy groups -OCH3 is 1. The second-order valence-electron chi connectivity index (χ2n) is 6.56. The maximum Gasteiger partial charge on any atom is 0.158 e. The van der Waals surface area contributed by atoms with Crippen molar-refractivity contribution >= 4 is 11.5 Å². The molecule has 136 valence electrons. The first-order valence-corrected chi connectivity index (χ1v) is 8.98. The lowest BCUT2D eigenvalue weighted by atomic mass is 10.1. The third kappa shape index (κ3) is 3.36. The van der Waals surface area contributed by atoms with Crippen molar-refractivity contribution in [2.24, 2.45) is 0 Å². The highest BCUT2D eigenvalue weighted by Gasteiger charge is 2.14. The summed E-state index contributed by atoms with van der Waals surface area (Å²) in [5.74, 6) is 1.71. The zero-order valence-electron chi connectivity index (χ0n) is 15.7. The number of hydrogen-bond acceptors (Lipinski definition) is 4. The van der Waals surface area contributed by atoms with Crippen LogP contribution in [0.25, 0.3) is 16.9 Å². The van der Waals surface area contributed by atoms with E-state index < -0.39 is 0 Å². The third-order valence-electron chi connectivity index (χ3n) is 4.60. The summed E-state index contributed by atoms with van der Waals surface area (Å²) in [5.41, 5.74) is 4.75. The average molecular weight is 358 g/mol. The summed E-state index contributed by atoms with van der Waals surface area (Å²) in [6, 6.07) is 22.4. The van der Waals surface area contributed by atoms with Gasteiger partial charge in [0.05, 0.1) is 12.8 Å². The first-order chi connectivity index (χ1) is 13.2. The SMILES string of the molecule is COc1ccccc1-c1cc2nc(C)cc(N[C@@H](C)c3ccccc3)n2n1. The summed E-state index contributed by atoms with van der Waals surface area (Å²) in [6.07, 6.45) is 0. The second-order valence-corrected chi connectivity index (χ2v) is 6.56. The zero-order valence-corrected chi connectivity index (χ0v) is 15.7. The Morgan fingerprint density at radius 2 is 1.74 bits per heavy atom. The number of anilines is 1. The van der Waals surface area contributed by atoms with Crippen LogP contribution in [0.15, 0.2) is 66.7 Å². The predicted octanol–water partition coefficient (Wildman–Crippen LogP) is 4.89. The Hall–Kier alpha value is -3.34. The first-order valence-electron chi connectivity index (χ1n) is 8.98. The van der Waals surface area contributed by atoms with Gasteiger partial charge in [0, 0.05) is 29.4 Å². The predicted molar refractivity (Wildman–Crippen MR) is 108 cm³/mol. The van der Waals surface area contributed by atoms with Gasteiger partial charge >= 0.3 is 0 Å². The minimum atomic E-state index is 0.148. The standard InChI is InChI=1S/C22H22N4O/c1-15-13-21(24-16(2)17-9-5-4-6-10-17)26-22(23-15)14-19(25-26)18-11-7-8-12-20(18)27-3/h4-14,16,24H,1-3H3/t16-/m0/s1. The molecule has 0 fully saturated rings. The van der Waals surface area contributed by atoms with Crippen LogP contribution in [0.2, 0.25) is 0 Å². The van der Waals surface area contributed by atoms with E-state index in [-0.39, 0.29) is 6.04 Å². The fourth-order valence-corrected chi connectivity index (χ4v) is 3.24. The maximum atomic E-state index is 5.49. The molecule has 1 atom stereocenters. The first kappa shape index (κ1) is 17.1. The lowest BCUT2D eigenvalue weighted by Crippen LogP contribution is -2.11. The Kier molecular flexibility index (Phi) is 4.50. The number of benzene rings is 2. The number of hydrogen-bond donors (Lipinski definition) is 1. The molecular formula is C22H22N4O. The summed E-state index contributed by atoms with van der Waals surface area (Å²) in [4.78, 5) is 4.64. The second kappa shape index (κ2) is 7.11. The quantitative estimate of drug-likeness (QED) is 0.552. The number of rotatable bonds is 5. The molecule has 0 aliphatic heterocycles. The normalized spacial score (nSPS) is 12.1. The van der Waals surface area contributed by atoms with Crippen LogP contribution in [0, 0.1) is 6.92 Å². The molecule has 4 rings (SSSR count). The van der Waals surface area contributed by atoms with Gasteiger partial charge in [-0.3, -0.25) is 0 Å². The molecule has 27 heavy (non-hydrogen) atoms. The molecule has 2 aromatic carbocycles. The van der Waals surface area contributed by atoms with E-state index in [9.17, 15) is 0 Å².